The van der Waals surface area contributed by atoms with E-state index in [2.05, 4.69) is 25.6 Å². The topological polar surface area (TPSA) is 89.5 Å². The van der Waals surface area contributed by atoms with Gasteiger partial charge < -0.3 is 9.67 Å². The molecule has 3 aromatic carbocycles. The van der Waals surface area contributed by atoms with Crippen molar-refractivity contribution < 1.29 is 9.90 Å². The highest BCUT2D eigenvalue weighted by atomic mass is 79.9. The molecule has 5 aromatic rings. The number of fused-ring (bicyclic) bond motifs is 2. The van der Waals surface area contributed by atoms with Crippen molar-refractivity contribution in [1.29, 1.82) is 0 Å². The molecule has 7 nitrogen and oxygen atoms in total. The van der Waals surface area contributed by atoms with Crippen molar-refractivity contribution in [2.24, 2.45) is 5.10 Å². The molecule has 186 valence electrons. The quantitative estimate of drug-likeness (QED) is 0.253. The van der Waals surface area contributed by atoms with E-state index in [9.17, 15) is 14.7 Å². The highest BCUT2D eigenvalue weighted by Crippen LogP contribution is 2.26. The van der Waals surface area contributed by atoms with E-state index in [0.717, 1.165) is 32.2 Å². The van der Waals surface area contributed by atoms with Crippen molar-refractivity contribution in [3.05, 3.63) is 110 Å². The van der Waals surface area contributed by atoms with E-state index in [1.807, 2.05) is 69.3 Å². The van der Waals surface area contributed by atoms with Crippen molar-refractivity contribution in [2.75, 3.05) is 0 Å². The zero-order valence-electron chi connectivity index (χ0n) is 20.6. The largest absolute Gasteiger partial charge is 0.478 e. The summed E-state index contributed by atoms with van der Waals surface area (Å²) in [5, 5.41) is 15.4. The Morgan fingerprint density at radius 3 is 2.51 bits per heavy atom. The lowest BCUT2D eigenvalue weighted by atomic mass is 10.1. The molecule has 1 N–H and O–H groups in total. The highest BCUT2D eigenvalue weighted by Gasteiger charge is 2.16. The molecule has 2 heterocycles. The normalized spacial score (nSPS) is 11.8. The van der Waals surface area contributed by atoms with E-state index in [0.29, 0.717) is 23.3 Å². The number of carboxylic acid groups (broad SMARTS) is 1. The van der Waals surface area contributed by atoms with Crippen molar-refractivity contribution in [3.8, 4) is 0 Å². The van der Waals surface area contributed by atoms with E-state index in [-0.39, 0.29) is 17.0 Å². The molecule has 0 fully saturated rings. The predicted octanol–water partition coefficient (Wildman–Crippen LogP) is 6.17. The minimum Gasteiger partial charge on any atom is -0.478 e. The number of rotatable bonds is 6. The predicted molar refractivity (Wildman–Crippen MR) is 150 cm³/mol. The summed E-state index contributed by atoms with van der Waals surface area (Å²) in [5.74, 6) is -0.357. The van der Waals surface area contributed by atoms with Gasteiger partial charge in [0.2, 0.25) is 0 Å². The minimum absolute atomic E-state index is 0.00545. The van der Waals surface area contributed by atoms with Crippen LogP contribution < -0.4 is 5.56 Å². The van der Waals surface area contributed by atoms with Gasteiger partial charge in [-0.15, -0.1) is 0 Å². The lowest BCUT2D eigenvalue weighted by Crippen LogP contribution is -2.23. The maximum absolute atomic E-state index is 13.4. The Morgan fingerprint density at radius 2 is 1.81 bits per heavy atom. The molecule has 0 aliphatic carbocycles. The average Bonchev–Trinajstić information content (AvgIpc) is 3.14. The first-order valence-corrected chi connectivity index (χ1v) is 12.7. The zero-order chi connectivity index (χ0) is 26.3. The maximum atomic E-state index is 13.4. The van der Waals surface area contributed by atoms with Gasteiger partial charge in [-0.2, -0.15) is 9.78 Å². The van der Waals surface area contributed by atoms with Gasteiger partial charge in [-0.3, -0.25) is 4.79 Å². The van der Waals surface area contributed by atoms with Gasteiger partial charge in [0.25, 0.3) is 5.56 Å². The van der Waals surface area contributed by atoms with E-state index >= 15 is 0 Å². The van der Waals surface area contributed by atoms with E-state index < -0.39 is 5.97 Å². The average molecular weight is 557 g/mol. The number of para-hydroxylation sites is 1. The van der Waals surface area contributed by atoms with Gasteiger partial charge in [0.05, 0.1) is 22.7 Å². The van der Waals surface area contributed by atoms with E-state index in [1.165, 1.54) is 4.68 Å². The summed E-state index contributed by atoms with van der Waals surface area (Å²) >= 11 is 3.45. The molecule has 8 heteroatoms. The molecule has 0 amide bonds. The molecule has 0 unspecified atom stereocenters. The molecule has 37 heavy (non-hydrogen) atoms. The lowest BCUT2D eigenvalue weighted by Gasteiger charge is -2.12. The Kier molecular flexibility index (Phi) is 6.52. The van der Waals surface area contributed by atoms with Crippen LogP contribution in [0.1, 0.15) is 52.8 Å². The lowest BCUT2D eigenvalue weighted by molar-refractivity contribution is 0.0697. The standard InChI is InChI=1S/C29H25BrN4O3/c1-17(2)27-32-25-13-12-21(30)14-23(25)28(35)34(27)31-15-24-18(3)33(26-7-5-4-6-22(24)26)16-19-8-10-20(11-9-19)29(36)37/h4-15,17H,16H2,1-3H3,(H,36,37). The number of nitrogens with zero attached hydrogens (tertiary/aromatic N) is 4. The molecule has 5 rings (SSSR count). The van der Waals surface area contributed by atoms with Crippen LogP contribution >= 0.6 is 15.9 Å². The van der Waals surface area contributed by atoms with Crippen molar-refractivity contribution in [3.63, 3.8) is 0 Å². The molecule has 0 radical (unpaired) electrons. The summed E-state index contributed by atoms with van der Waals surface area (Å²) < 4.78 is 4.38. The van der Waals surface area contributed by atoms with Crippen LogP contribution in [0.3, 0.4) is 0 Å². The fourth-order valence-corrected chi connectivity index (χ4v) is 4.89. The Hall–Kier alpha value is -4.04. The Bertz CT molecular complexity index is 1750. The fraction of sp³-hybridized carbons (Fsp3) is 0.172. The van der Waals surface area contributed by atoms with Gasteiger partial charge in [-0.05, 0) is 48.9 Å². The smallest absolute Gasteiger partial charge is 0.335 e. The van der Waals surface area contributed by atoms with Gasteiger partial charge in [0.15, 0.2) is 0 Å². The summed E-state index contributed by atoms with van der Waals surface area (Å²) in [7, 11) is 0. The third kappa shape index (κ3) is 4.60. The first kappa shape index (κ1) is 24.6. The highest BCUT2D eigenvalue weighted by molar-refractivity contribution is 9.10. The van der Waals surface area contributed by atoms with Gasteiger partial charge in [0.1, 0.15) is 5.82 Å². The first-order chi connectivity index (χ1) is 17.7. The third-order valence-electron chi connectivity index (χ3n) is 6.47. The SMILES string of the molecule is Cc1c(C=Nn2c(C(C)C)nc3ccc(Br)cc3c2=O)c2ccccc2n1Cc1ccc(C(=O)O)cc1. The number of benzene rings is 3. The Balaban J connectivity index is 1.62. The Morgan fingerprint density at radius 1 is 1.08 bits per heavy atom. The van der Waals surface area contributed by atoms with Crippen LogP contribution in [0.5, 0.6) is 0 Å². The summed E-state index contributed by atoms with van der Waals surface area (Å²) in [6.07, 6.45) is 1.74. The summed E-state index contributed by atoms with van der Waals surface area (Å²) in [6, 6.07) is 20.4. The molecule has 0 saturated heterocycles. The molecular weight excluding hydrogens is 532 g/mol. The molecule has 0 aliphatic heterocycles. The molecule has 2 aromatic heterocycles. The second-order valence-electron chi connectivity index (χ2n) is 9.25. The summed E-state index contributed by atoms with van der Waals surface area (Å²) in [4.78, 5) is 29.4. The number of hydrogen-bond donors (Lipinski definition) is 1. The molecule has 0 spiro atoms. The number of carbonyl (C=O) groups is 1. The molecule has 0 saturated carbocycles. The van der Waals surface area contributed by atoms with Gasteiger partial charge >= 0.3 is 5.97 Å². The number of aromatic nitrogens is 3. The molecular formula is C29H25BrN4O3. The van der Waals surface area contributed by atoms with Crippen LogP contribution in [-0.2, 0) is 6.54 Å². The zero-order valence-corrected chi connectivity index (χ0v) is 22.2. The fourth-order valence-electron chi connectivity index (χ4n) is 4.53. The first-order valence-electron chi connectivity index (χ1n) is 11.9. The van der Waals surface area contributed by atoms with Crippen molar-refractivity contribution in [1.82, 2.24) is 14.2 Å². The second kappa shape index (κ2) is 9.78. The molecule has 0 atom stereocenters. The van der Waals surface area contributed by atoms with Gasteiger partial charge in [-0.1, -0.05) is 60.1 Å². The third-order valence-corrected chi connectivity index (χ3v) is 6.97. The van der Waals surface area contributed by atoms with Crippen LogP contribution in [0.25, 0.3) is 21.8 Å². The van der Waals surface area contributed by atoms with E-state index in [1.54, 1.807) is 24.4 Å². The summed E-state index contributed by atoms with van der Waals surface area (Å²) in [6.45, 7) is 6.58. The number of halogens is 1. The Labute approximate surface area is 221 Å². The van der Waals surface area contributed by atoms with Crippen LogP contribution in [0.4, 0.5) is 0 Å². The van der Waals surface area contributed by atoms with Crippen LogP contribution in [0, 0.1) is 6.92 Å². The number of carboxylic acids is 1. The van der Waals surface area contributed by atoms with Crippen molar-refractivity contribution in [2.45, 2.75) is 33.2 Å². The second-order valence-corrected chi connectivity index (χ2v) is 10.2. The van der Waals surface area contributed by atoms with Crippen molar-refractivity contribution >= 4 is 49.9 Å². The number of hydrogen-bond acceptors (Lipinski definition) is 4. The van der Waals surface area contributed by atoms with Crippen LogP contribution in [0.2, 0.25) is 0 Å². The van der Waals surface area contributed by atoms with Gasteiger partial charge in [-0.25, -0.2) is 9.78 Å². The van der Waals surface area contributed by atoms with Gasteiger partial charge in [0, 0.05) is 39.1 Å². The summed E-state index contributed by atoms with van der Waals surface area (Å²) in [5.41, 5.74) is 4.60. The van der Waals surface area contributed by atoms with Crippen LogP contribution in [-0.4, -0.2) is 31.5 Å². The van der Waals surface area contributed by atoms with Crippen LogP contribution in [0.15, 0.2) is 81.1 Å². The monoisotopic (exact) mass is 556 g/mol. The van der Waals surface area contributed by atoms with E-state index in [4.69, 9.17) is 4.98 Å². The maximum Gasteiger partial charge on any atom is 0.335 e. The molecule has 0 bridgehead atoms. The molecule has 0 aliphatic rings. The number of aromatic carboxylic acids is 1. The minimum atomic E-state index is -0.945.